The van der Waals surface area contributed by atoms with Gasteiger partial charge in [0.15, 0.2) is 0 Å². The van der Waals surface area contributed by atoms with Gasteiger partial charge < -0.3 is 10.6 Å². The quantitative estimate of drug-likeness (QED) is 0.766. The van der Waals surface area contributed by atoms with Gasteiger partial charge in [-0.25, -0.2) is 0 Å². The zero-order valence-corrected chi connectivity index (χ0v) is 12.2. The van der Waals surface area contributed by atoms with Crippen molar-refractivity contribution < 1.29 is 9.59 Å². The number of carbonyl (C=O) groups excluding carboxylic acids is 2. The van der Waals surface area contributed by atoms with Crippen LogP contribution in [0.2, 0.25) is 0 Å². The monoisotopic (exact) mass is 274 g/mol. The van der Waals surface area contributed by atoms with Gasteiger partial charge in [0.05, 0.1) is 0 Å². The van der Waals surface area contributed by atoms with Crippen LogP contribution in [0.5, 0.6) is 0 Å². The van der Waals surface area contributed by atoms with Gasteiger partial charge >= 0.3 is 0 Å². The van der Waals surface area contributed by atoms with Crippen LogP contribution in [0.1, 0.15) is 32.3 Å². The molecule has 0 radical (unpaired) electrons. The summed E-state index contributed by atoms with van der Waals surface area (Å²) in [5.74, 6) is 0.0706. The van der Waals surface area contributed by atoms with Crippen LogP contribution in [0.15, 0.2) is 36.5 Å². The normalized spacial score (nSPS) is 9.90. The Labute approximate surface area is 120 Å². The number of rotatable bonds is 8. The first-order chi connectivity index (χ1) is 9.47. The molecular weight excluding hydrogens is 252 g/mol. The van der Waals surface area contributed by atoms with E-state index in [2.05, 4.69) is 17.2 Å². The van der Waals surface area contributed by atoms with Gasteiger partial charge in [0.25, 0.3) is 0 Å². The smallest absolute Gasteiger partial charge is 0.220 e. The van der Waals surface area contributed by atoms with Gasteiger partial charge in [-0.05, 0) is 38.0 Å². The molecule has 0 unspecified atom stereocenters. The fraction of sp³-hybridized carbons (Fsp3) is 0.375. The zero-order valence-electron chi connectivity index (χ0n) is 12.2. The number of ketones is 1. The molecule has 0 heterocycles. The number of Topliss-reactive ketones (excluding diaryl/α,β-unsaturated/α-hetero) is 1. The Balaban J connectivity index is 2.32. The van der Waals surface area contributed by atoms with Crippen molar-refractivity contribution in [2.24, 2.45) is 0 Å². The van der Waals surface area contributed by atoms with Gasteiger partial charge in [-0.2, -0.15) is 0 Å². The maximum atomic E-state index is 11.6. The highest BCUT2D eigenvalue weighted by molar-refractivity contribution is 5.78. The highest BCUT2D eigenvalue weighted by Crippen LogP contribution is 2.12. The topological polar surface area (TPSA) is 58.2 Å². The number of allylic oxidation sites excluding steroid dienone is 1. The Kier molecular flexibility index (Phi) is 6.50. The lowest BCUT2D eigenvalue weighted by atomic mass is 10.1. The van der Waals surface area contributed by atoms with Crippen molar-refractivity contribution in [3.8, 4) is 0 Å². The average Bonchev–Trinajstić information content (AvgIpc) is 2.37. The molecule has 0 saturated carbocycles. The average molecular weight is 274 g/mol. The van der Waals surface area contributed by atoms with E-state index < -0.39 is 0 Å². The molecule has 0 spiro atoms. The fourth-order valence-corrected chi connectivity index (χ4v) is 1.73. The Bertz CT molecular complexity index is 478. The van der Waals surface area contributed by atoms with Crippen LogP contribution in [-0.2, 0) is 16.0 Å². The lowest BCUT2D eigenvalue weighted by molar-refractivity contribution is -0.121. The molecule has 0 aromatic heterocycles. The second-order valence-electron chi connectivity index (χ2n) is 4.90. The number of amides is 1. The summed E-state index contributed by atoms with van der Waals surface area (Å²) in [6.07, 6.45) is 1.53. The van der Waals surface area contributed by atoms with Gasteiger partial charge in [0.1, 0.15) is 5.78 Å². The van der Waals surface area contributed by atoms with E-state index in [-0.39, 0.29) is 11.7 Å². The SMILES string of the molecule is C=C(C)Nc1ccc(CCC(=O)NCCC(C)=O)cc1. The fourth-order valence-electron chi connectivity index (χ4n) is 1.73. The molecule has 2 N–H and O–H groups in total. The molecule has 0 saturated heterocycles. The van der Waals surface area contributed by atoms with Crippen molar-refractivity contribution in [1.82, 2.24) is 5.32 Å². The molecular formula is C16H22N2O2. The molecule has 4 nitrogen and oxygen atoms in total. The molecule has 108 valence electrons. The van der Waals surface area contributed by atoms with E-state index in [0.29, 0.717) is 25.8 Å². The van der Waals surface area contributed by atoms with E-state index in [1.54, 1.807) is 0 Å². The minimum absolute atomic E-state index is 0.0182. The molecule has 1 rings (SSSR count). The molecule has 0 atom stereocenters. The van der Waals surface area contributed by atoms with Crippen molar-refractivity contribution in [3.63, 3.8) is 0 Å². The number of hydrogen-bond acceptors (Lipinski definition) is 3. The second-order valence-corrected chi connectivity index (χ2v) is 4.90. The predicted octanol–water partition coefficient (Wildman–Crippen LogP) is 2.66. The Morgan fingerprint density at radius 3 is 2.30 bits per heavy atom. The third-order valence-corrected chi connectivity index (χ3v) is 2.75. The van der Waals surface area contributed by atoms with Gasteiger partial charge in [0.2, 0.25) is 5.91 Å². The first kappa shape index (κ1) is 16.0. The van der Waals surface area contributed by atoms with Crippen LogP contribution in [0, 0.1) is 0 Å². The maximum Gasteiger partial charge on any atom is 0.220 e. The van der Waals surface area contributed by atoms with Crippen molar-refractivity contribution in [2.45, 2.75) is 33.1 Å². The largest absolute Gasteiger partial charge is 0.360 e. The lowest BCUT2D eigenvalue weighted by Gasteiger charge is -2.07. The molecule has 1 aromatic carbocycles. The number of anilines is 1. The van der Waals surface area contributed by atoms with Crippen LogP contribution >= 0.6 is 0 Å². The van der Waals surface area contributed by atoms with Crippen LogP contribution in [0.3, 0.4) is 0 Å². The maximum absolute atomic E-state index is 11.6. The Hall–Kier alpha value is -2.10. The number of nitrogens with one attached hydrogen (secondary N) is 2. The predicted molar refractivity (Wildman–Crippen MR) is 81.5 cm³/mol. The van der Waals surface area contributed by atoms with Crippen LogP contribution in [0.4, 0.5) is 5.69 Å². The first-order valence-corrected chi connectivity index (χ1v) is 6.75. The highest BCUT2D eigenvalue weighted by atomic mass is 16.1. The summed E-state index contributed by atoms with van der Waals surface area (Å²) in [5.41, 5.74) is 2.99. The van der Waals surface area contributed by atoms with Gasteiger partial charge in [0, 0.05) is 30.8 Å². The molecule has 0 fully saturated rings. The molecule has 20 heavy (non-hydrogen) atoms. The lowest BCUT2D eigenvalue weighted by Crippen LogP contribution is -2.25. The molecule has 0 bridgehead atoms. The zero-order chi connectivity index (χ0) is 15.0. The van der Waals surface area contributed by atoms with E-state index in [1.807, 2.05) is 31.2 Å². The molecule has 0 aliphatic carbocycles. The van der Waals surface area contributed by atoms with Crippen LogP contribution in [0.25, 0.3) is 0 Å². The number of hydrogen-bond donors (Lipinski definition) is 2. The molecule has 1 amide bonds. The summed E-state index contributed by atoms with van der Waals surface area (Å²) in [6, 6.07) is 7.93. The molecule has 0 aliphatic rings. The highest BCUT2D eigenvalue weighted by Gasteiger charge is 2.03. The third-order valence-electron chi connectivity index (χ3n) is 2.75. The van der Waals surface area contributed by atoms with Crippen molar-refractivity contribution >= 4 is 17.4 Å². The summed E-state index contributed by atoms with van der Waals surface area (Å²) in [5, 5.41) is 5.87. The number of aryl methyl sites for hydroxylation is 1. The molecule has 4 heteroatoms. The standard InChI is InChI=1S/C16H22N2O2/c1-12(2)18-15-7-4-14(5-8-15)6-9-16(20)17-11-10-13(3)19/h4-5,7-8,18H,1,6,9-11H2,2-3H3,(H,17,20). The van der Waals surface area contributed by atoms with Crippen molar-refractivity contribution in [1.29, 1.82) is 0 Å². The number of carbonyl (C=O) groups is 2. The summed E-state index contributed by atoms with van der Waals surface area (Å²) in [7, 11) is 0. The second kappa shape index (κ2) is 8.15. The van der Waals surface area contributed by atoms with Gasteiger partial charge in [-0.3, -0.25) is 9.59 Å². The van der Waals surface area contributed by atoms with Gasteiger partial charge in [-0.1, -0.05) is 18.7 Å². The third kappa shape index (κ3) is 6.73. The molecule has 0 aliphatic heterocycles. The van der Waals surface area contributed by atoms with Crippen LogP contribution in [-0.4, -0.2) is 18.2 Å². The van der Waals surface area contributed by atoms with E-state index in [4.69, 9.17) is 0 Å². The first-order valence-electron chi connectivity index (χ1n) is 6.75. The summed E-state index contributed by atoms with van der Waals surface area (Å²) < 4.78 is 0. The van der Waals surface area contributed by atoms with E-state index in [9.17, 15) is 9.59 Å². The minimum Gasteiger partial charge on any atom is -0.360 e. The number of benzene rings is 1. The Morgan fingerprint density at radius 1 is 1.10 bits per heavy atom. The summed E-state index contributed by atoms with van der Waals surface area (Å²) in [6.45, 7) is 7.63. The van der Waals surface area contributed by atoms with Gasteiger partial charge in [-0.15, -0.1) is 0 Å². The molecule has 1 aromatic rings. The van der Waals surface area contributed by atoms with Crippen molar-refractivity contribution in [3.05, 3.63) is 42.1 Å². The minimum atomic E-state index is -0.0182. The van der Waals surface area contributed by atoms with Crippen molar-refractivity contribution in [2.75, 3.05) is 11.9 Å². The Morgan fingerprint density at radius 2 is 1.75 bits per heavy atom. The summed E-state index contributed by atoms with van der Waals surface area (Å²) in [4.78, 5) is 22.3. The van der Waals surface area contributed by atoms with E-state index in [1.165, 1.54) is 6.92 Å². The van der Waals surface area contributed by atoms with E-state index >= 15 is 0 Å². The van der Waals surface area contributed by atoms with E-state index in [0.717, 1.165) is 16.9 Å². The summed E-state index contributed by atoms with van der Waals surface area (Å²) >= 11 is 0. The van der Waals surface area contributed by atoms with Crippen LogP contribution < -0.4 is 10.6 Å².